The first-order chi connectivity index (χ1) is 15.1. The van der Waals surface area contributed by atoms with Crippen molar-refractivity contribution in [2.24, 2.45) is 9.98 Å². The second kappa shape index (κ2) is 7.90. The summed E-state index contributed by atoms with van der Waals surface area (Å²) in [4.78, 5) is 28.4. The summed E-state index contributed by atoms with van der Waals surface area (Å²) in [5, 5.41) is 11.1. The van der Waals surface area contributed by atoms with Gasteiger partial charge in [-0.2, -0.15) is 0 Å². The Labute approximate surface area is 180 Å². The van der Waals surface area contributed by atoms with Crippen LogP contribution in [0.5, 0.6) is 0 Å². The Balaban J connectivity index is 1.33. The fourth-order valence-corrected chi connectivity index (χ4v) is 3.85. The van der Waals surface area contributed by atoms with Crippen molar-refractivity contribution in [3.8, 4) is 11.5 Å². The van der Waals surface area contributed by atoms with Crippen molar-refractivity contribution in [3.05, 3.63) is 47.7 Å². The van der Waals surface area contributed by atoms with Gasteiger partial charge in [0.1, 0.15) is 23.5 Å². The topological polar surface area (TPSA) is 101 Å². The fraction of sp³-hybridized carbons (Fsp3) is 0.364. The maximum atomic E-state index is 12.9. The third-order valence-electron chi connectivity index (χ3n) is 5.81. The van der Waals surface area contributed by atoms with Crippen LogP contribution < -0.4 is 5.32 Å². The first-order valence-electron chi connectivity index (χ1n) is 10.5. The normalized spacial score (nSPS) is 20.8. The molecule has 0 aromatic carbocycles. The second-order valence-electron chi connectivity index (χ2n) is 7.96. The lowest BCUT2D eigenvalue weighted by atomic mass is 10.1. The Bertz CT molecular complexity index is 1140. The number of allylic oxidation sites excluding steroid dienone is 2. The molecule has 158 valence electrons. The maximum Gasteiger partial charge on any atom is 0.275 e. The Morgan fingerprint density at radius 2 is 2.03 bits per heavy atom. The number of hydrogen-bond acceptors (Lipinski definition) is 7. The van der Waals surface area contributed by atoms with E-state index < -0.39 is 0 Å². The van der Waals surface area contributed by atoms with Gasteiger partial charge in [0.05, 0.1) is 18.3 Å². The lowest BCUT2D eigenvalue weighted by Crippen LogP contribution is -2.38. The highest BCUT2D eigenvalue weighted by Gasteiger charge is 2.27. The maximum absolute atomic E-state index is 12.9. The molecule has 0 bridgehead atoms. The number of rotatable bonds is 5. The summed E-state index contributed by atoms with van der Waals surface area (Å²) in [6.07, 6.45) is 10.4. The number of carbonyl (C=O) groups excluding carboxylic acids is 1. The molecule has 4 heterocycles. The molecule has 0 radical (unpaired) electrons. The van der Waals surface area contributed by atoms with Crippen LogP contribution in [0.15, 0.2) is 57.7 Å². The third kappa shape index (κ3) is 3.90. The lowest BCUT2D eigenvalue weighted by molar-refractivity contribution is -0.112. The average molecular weight is 416 g/mol. The van der Waals surface area contributed by atoms with Crippen LogP contribution >= 0.6 is 0 Å². The molecule has 0 spiro atoms. The highest BCUT2D eigenvalue weighted by atomic mass is 16.2. The first kappa shape index (κ1) is 19.3. The Kier molecular flexibility index (Phi) is 4.93. The number of aromatic nitrogens is 4. The van der Waals surface area contributed by atoms with E-state index >= 15 is 0 Å². The summed E-state index contributed by atoms with van der Waals surface area (Å²) in [6.45, 7) is 4.77. The van der Waals surface area contributed by atoms with E-state index in [0.29, 0.717) is 23.3 Å². The van der Waals surface area contributed by atoms with E-state index in [4.69, 9.17) is 0 Å². The van der Waals surface area contributed by atoms with E-state index in [9.17, 15) is 4.79 Å². The smallest absolute Gasteiger partial charge is 0.275 e. The predicted molar refractivity (Wildman–Crippen MR) is 119 cm³/mol. The Morgan fingerprint density at radius 3 is 2.87 bits per heavy atom. The molecule has 1 saturated carbocycles. The van der Waals surface area contributed by atoms with E-state index in [1.807, 2.05) is 35.9 Å². The highest BCUT2D eigenvalue weighted by Crippen LogP contribution is 2.37. The Hall–Kier alpha value is -3.62. The molecule has 2 aromatic heterocycles. The molecular formula is C22H24N8O. The minimum Gasteiger partial charge on any atom is -0.361 e. The van der Waals surface area contributed by atoms with Crippen LogP contribution in [-0.4, -0.2) is 55.6 Å². The molecule has 31 heavy (non-hydrogen) atoms. The predicted octanol–water partition coefficient (Wildman–Crippen LogP) is 2.98. The van der Waals surface area contributed by atoms with Crippen LogP contribution in [0.2, 0.25) is 0 Å². The molecule has 2 aliphatic heterocycles. The second-order valence-corrected chi connectivity index (χ2v) is 7.96. The third-order valence-corrected chi connectivity index (χ3v) is 5.81. The van der Waals surface area contributed by atoms with Crippen molar-refractivity contribution in [2.45, 2.75) is 45.2 Å². The molecule has 1 fully saturated rings. The van der Waals surface area contributed by atoms with Gasteiger partial charge >= 0.3 is 0 Å². The molecule has 2 aromatic rings. The molecule has 1 amide bonds. The number of pyridine rings is 1. The average Bonchev–Trinajstić information content (AvgIpc) is 3.52. The van der Waals surface area contributed by atoms with Gasteiger partial charge in [0.2, 0.25) is 0 Å². The summed E-state index contributed by atoms with van der Waals surface area (Å²) in [5.74, 6) is 0.902. The van der Waals surface area contributed by atoms with Crippen LogP contribution in [0.4, 0.5) is 5.82 Å². The van der Waals surface area contributed by atoms with Crippen molar-refractivity contribution in [1.29, 1.82) is 0 Å². The van der Waals surface area contributed by atoms with Gasteiger partial charge < -0.3 is 14.8 Å². The van der Waals surface area contributed by atoms with Gasteiger partial charge in [-0.25, -0.2) is 4.98 Å². The molecule has 1 N–H and O–H groups in total. The van der Waals surface area contributed by atoms with Crippen molar-refractivity contribution >= 4 is 24.2 Å². The van der Waals surface area contributed by atoms with Crippen LogP contribution in [0.3, 0.4) is 0 Å². The van der Waals surface area contributed by atoms with Crippen molar-refractivity contribution in [2.75, 3.05) is 11.9 Å². The first-order valence-corrected chi connectivity index (χ1v) is 10.5. The van der Waals surface area contributed by atoms with E-state index in [1.165, 1.54) is 0 Å². The largest absolute Gasteiger partial charge is 0.361 e. The highest BCUT2D eigenvalue weighted by molar-refractivity contribution is 6.04. The summed E-state index contributed by atoms with van der Waals surface area (Å²) in [5.41, 5.74) is 3.18. The summed E-state index contributed by atoms with van der Waals surface area (Å²) >= 11 is 0. The van der Waals surface area contributed by atoms with Crippen LogP contribution in [-0.2, 0) is 4.79 Å². The van der Waals surface area contributed by atoms with Gasteiger partial charge in [-0.05, 0) is 44.9 Å². The number of carbonyl (C=O) groups is 1. The van der Waals surface area contributed by atoms with Gasteiger partial charge in [-0.1, -0.05) is 6.07 Å². The number of amides is 1. The summed E-state index contributed by atoms with van der Waals surface area (Å²) in [6, 6.07) is 6.01. The van der Waals surface area contributed by atoms with Gasteiger partial charge in [0.25, 0.3) is 5.91 Å². The zero-order chi connectivity index (χ0) is 21.4. The SMILES string of the molecule is CC1=C(C)N(C2C=C(C(=O)Nc3cccc(-c4nncn4C4CC4)n3)N=CC2)CC=N1. The number of anilines is 1. The molecular weight excluding hydrogens is 392 g/mol. The van der Waals surface area contributed by atoms with Gasteiger partial charge in [-0.3, -0.25) is 14.8 Å². The fourth-order valence-electron chi connectivity index (χ4n) is 3.85. The molecule has 3 aliphatic rings. The monoisotopic (exact) mass is 416 g/mol. The van der Waals surface area contributed by atoms with E-state index in [-0.39, 0.29) is 11.9 Å². The van der Waals surface area contributed by atoms with Gasteiger partial charge in [0.15, 0.2) is 5.82 Å². The molecule has 5 rings (SSSR count). The minimum atomic E-state index is -0.279. The van der Waals surface area contributed by atoms with E-state index in [0.717, 1.165) is 43.0 Å². The minimum absolute atomic E-state index is 0.0661. The van der Waals surface area contributed by atoms with E-state index in [2.05, 4.69) is 42.3 Å². The number of nitrogens with one attached hydrogen (secondary N) is 1. The van der Waals surface area contributed by atoms with Gasteiger partial charge in [0, 0.05) is 30.6 Å². The van der Waals surface area contributed by atoms with Crippen molar-refractivity contribution in [1.82, 2.24) is 24.6 Å². The Morgan fingerprint density at radius 1 is 1.16 bits per heavy atom. The van der Waals surface area contributed by atoms with E-state index in [1.54, 1.807) is 18.6 Å². The zero-order valence-electron chi connectivity index (χ0n) is 17.6. The quantitative estimate of drug-likeness (QED) is 0.808. The van der Waals surface area contributed by atoms with Crippen LogP contribution in [0.1, 0.15) is 39.2 Å². The van der Waals surface area contributed by atoms with Gasteiger partial charge in [-0.15, -0.1) is 10.2 Å². The summed E-state index contributed by atoms with van der Waals surface area (Å²) in [7, 11) is 0. The molecule has 1 unspecified atom stereocenters. The molecule has 0 saturated heterocycles. The summed E-state index contributed by atoms with van der Waals surface area (Å²) < 4.78 is 2.05. The van der Waals surface area contributed by atoms with Crippen LogP contribution in [0, 0.1) is 0 Å². The van der Waals surface area contributed by atoms with Crippen molar-refractivity contribution in [3.63, 3.8) is 0 Å². The van der Waals surface area contributed by atoms with Crippen molar-refractivity contribution < 1.29 is 4.79 Å². The van der Waals surface area contributed by atoms with Crippen LogP contribution in [0.25, 0.3) is 11.5 Å². The lowest BCUT2D eigenvalue weighted by Gasteiger charge is -2.34. The zero-order valence-corrected chi connectivity index (χ0v) is 17.6. The molecule has 9 nitrogen and oxygen atoms in total. The number of aliphatic imine (C=N–C) groups is 2. The molecule has 1 atom stereocenters. The molecule has 1 aliphatic carbocycles. The number of hydrogen-bond donors (Lipinski definition) is 1. The number of nitrogens with zero attached hydrogens (tertiary/aromatic N) is 7. The molecule has 9 heteroatoms. The standard InChI is InChI=1S/C22H24N8O/c1-14-15(2)29(11-10-23-14)17-8-9-24-19(12-17)22(31)27-20-5-3-4-18(26-20)21-28-25-13-30(21)16-6-7-16/h3-5,9-10,12-13,16-17H,6-8,11H2,1-2H3,(H,26,27,31).